The summed E-state index contributed by atoms with van der Waals surface area (Å²) >= 11 is 0. The van der Waals surface area contributed by atoms with Crippen LogP contribution >= 0.6 is 0 Å². The van der Waals surface area contributed by atoms with E-state index in [-0.39, 0.29) is 18.0 Å². The quantitative estimate of drug-likeness (QED) is 0.854. The van der Waals surface area contributed by atoms with Crippen LogP contribution in [0, 0.1) is 5.82 Å². The van der Waals surface area contributed by atoms with Crippen molar-refractivity contribution >= 4 is 0 Å². The van der Waals surface area contributed by atoms with Crippen LogP contribution in [-0.4, -0.2) is 29.2 Å². The number of hydrogen-bond acceptors (Lipinski definition) is 3. The van der Waals surface area contributed by atoms with Crippen LogP contribution in [-0.2, 0) is 13.1 Å². The van der Waals surface area contributed by atoms with Crippen molar-refractivity contribution in [2.75, 3.05) is 13.1 Å². The molecule has 1 fully saturated rings. The van der Waals surface area contributed by atoms with Crippen molar-refractivity contribution in [3.05, 3.63) is 71.0 Å². The van der Waals surface area contributed by atoms with Gasteiger partial charge in [-0.15, -0.1) is 0 Å². The lowest BCUT2D eigenvalue weighted by molar-refractivity contribution is 0.174. The molecule has 2 unspecified atom stereocenters. The summed E-state index contributed by atoms with van der Waals surface area (Å²) in [6.45, 7) is 5.21. The minimum absolute atomic E-state index is 0.0483. The van der Waals surface area contributed by atoms with Gasteiger partial charge in [-0.2, -0.15) is 0 Å². The normalized spacial score (nSPS) is 19.5. The van der Waals surface area contributed by atoms with Gasteiger partial charge < -0.3 is 10.4 Å². The average molecular weight is 328 g/mol. The number of benzene rings is 2. The summed E-state index contributed by atoms with van der Waals surface area (Å²) in [6, 6.07) is 15.2. The third-order valence-electron chi connectivity index (χ3n) is 4.73. The Morgan fingerprint density at radius 3 is 2.58 bits per heavy atom. The van der Waals surface area contributed by atoms with Crippen LogP contribution in [0.2, 0.25) is 0 Å². The maximum atomic E-state index is 13.9. The molecule has 3 nitrogen and oxygen atoms in total. The molecule has 0 radical (unpaired) electrons. The van der Waals surface area contributed by atoms with E-state index in [9.17, 15) is 9.50 Å². The summed E-state index contributed by atoms with van der Waals surface area (Å²) in [5, 5.41) is 13.1. The lowest BCUT2D eigenvalue weighted by atomic mass is 10.0. The third-order valence-corrected chi connectivity index (χ3v) is 4.73. The second-order valence-corrected chi connectivity index (χ2v) is 6.57. The molecule has 2 aromatic rings. The number of aliphatic hydroxyl groups is 1. The number of nitrogens with one attached hydrogen (secondary N) is 1. The third kappa shape index (κ3) is 4.20. The second kappa shape index (κ2) is 7.88. The van der Waals surface area contributed by atoms with E-state index in [0.29, 0.717) is 12.1 Å². The summed E-state index contributed by atoms with van der Waals surface area (Å²) in [5.41, 5.74) is 3.18. The highest BCUT2D eigenvalue weighted by molar-refractivity contribution is 5.28. The molecular weight excluding hydrogens is 303 g/mol. The van der Waals surface area contributed by atoms with Crippen LogP contribution in [0.3, 0.4) is 0 Å². The zero-order valence-electron chi connectivity index (χ0n) is 14.1. The lowest BCUT2D eigenvalue weighted by Gasteiger charge is -2.20. The number of likely N-dealkylation sites (tertiary alicyclic amines) is 1. The molecule has 0 saturated carbocycles. The van der Waals surface area contributed by atoms with Crippen LogP contribution in [0.15, 0.2) is 48.5 Å². The molecule has 0 spiro atoms. The first-order chi connectivity index (χ1) is 11.6. The summed E-state index contributed by atoms with van der Waals surface area (Å²) in [5.74, 6) is -0.170. The maximum absolute atomic E-state index is 13.9. The topological polar surface area (TPSA) is 35.5 Å². The summed E-state index contributed by atoms with van der Waals surface area (Å²) in [7, 11) is 0. The van der Waals surface area contributed by atoms with Gasteiger partial charge in [0.2, 0.25) is 0 Å². The Balaban J connectivity index is 1.64. The molecule has 1 aliphatic rings. The Hall–Kier alpha value is -1.75. The highest BCUT2D eigenvalue weighted by atomic mass is 19.1. The van der Waals surface area contributed by atoms with E-state index in [2.05, 4.69) is 22.3 Å². The van der Waals surface area contributed by atoms with Crippen LogP contribution in [0.5, 0.6) is 0 Å². The van der Waals surface area contributed by atoms with Crippen molar-refractivity contribution in [1.82, 2.24) is 10.2 Å². The van der Waals surface area contributed by atoms with Gasteiger partial charge >= 0.3 is 0 Å². The van der Waals surface area contributed by atoms with Crippen LogP contribution in [0.4, 0.5) is 4.39 Å². The smallest absolute Gasteiger partial charge is 0.127 e. The molecule has 1 aliphatic heterocycles. The fraction of sp³-hybridized carbons (Fsp3) is 0.400. The van der Waals surface area contributed by atoms with Gasteiger partial charge in [-0.25, -0.2) is 4.39 Å². The Labute approximate surface area is 143 Å². The molecule has 2 aromatic carbocycles. The molecule has 0 bridgehead atoms. The molecule has 2 N–H and O–H groups in total. The molecule has 3 rings (SSSR count). The lowest BCUT2D eigenvalue weighted by Crippen LogP contribution is -2.24. The SMILES string of the molecule is CC(NCc1ccccc1CN1CCC(O)C1)c1ccccc1F. The van der Waals surface area contributed by atoms with Crippen molar-refractivity contribution in [3.8, 4) is 0 Å². The molecule has 1 saturated heterocycles. The first-order valence-corrected chi connectivity index (χ1v) is 8.58. The van der Waals surface area contributed by atoms with E-state index in [1.54, 1.807) is 6.07 Å². The Morgan fingerprint density at radius 2 is 1.88 bits per heavy atom. The van der Waals surface area contributed by atoms with Crippen molar-refractivity contribution in [3.63, 3.8) is 0 Å². The van der Waals surface area contributed by atoms with Gasteiger partial charge in [-0.05, 0) is 30.5 Å². The molecule has 0 aliphatic carbocycles. The molecular formula is C20H25FN2O. The number of aliphatic hydroxyl groups excluding tert-OH is 1. The fourth-order valence-corrected chi connectivity index (χ4v) is 3.28. The average Bonchev–Trinajstić information content (AvgIpc) is 2.99. The maximum Gasteiger partial charge on any atom is 0.127 e. The predicted molar refractivity (Wildman–Crippen MR) is 94.0 cm³/mol. The van der Waals surface area contributed by atoms with E-state index in [0.717, 1.165) is 26.1 Å². The number of hydrogen-bond donors (Lipinski definition) is 2. The van der Waals surface area contributed by atoms with Gasteiger partial charge in [-0.3, -0.25) is 4.90 Å². The van der Waals surface area contributed by atoms with E-state index < -0.39 is 0 Å². The number of halogens is 1. The van der Waals surface area contributed by atoms with Crippen molar-refractivity contribution < 1.29 is 9.50 Å². The Morgan fingerprint density at radius 1 is 1.17 bits per heavy atom. The van der Waals surface area contributed by atoms with E-state index in [4.69, 9.17) is 0 Å². The minimum Gasteiger partial charge on any atom is -0.392 e. The largest absolute Gasteiger partial charge is 0.392 e. The van der Waals surface area contributed by atoms with E-state index in [1.165, 1.54) is 17.2 Å². The van der Waals surface area contributed by atoms with E-state index >= 15 is 0 Å². The molecule has 1 heterocycles. The zero-order valence-corrected chi connectivity index (χ0v) is 14.1. The molecule has 128 valence electrons. The molecule has 24 heavy (non-hydrogen) atoms. The minimum atomic E-state index is -0.198. The Kier molecular flexibility index (Phi) is 5.61. The van der Waals surface area contributed by atoms with Gasteiger partial charge in [0.15, 0.2) is 0 Å². The predicted octanol–water partition coefficient (Wildman–Crippen LogP) is 3.24. The molecule has 2 atom stereocenters. The van der Waals surface area contributed by atoms with Gasteiger partial charge in [0.1, 0.15) is 5.82 Å². The van der Waals surface area contributed by atoms with Crippen LogP contribution in [0.25, 0.3) is 0 Å². The zero-order chi connectivity index (χ0) is 16.9. The monoisotopic (exact) mass is 328 g/mol. The van der Waals surface area contributed by atoms with E-state index in [1.807, 2.05) is 31.2 Å². The standard InChI is InChI=1S/C20H25FN2O/c1-15(19-8-4-5-9-20(19)21)22-12-16-6-2-3-7-17(16)13-23-11-10-18(24)14-23/h2-9,15,18,22,24H,10-14H2,1H3. The molecule has 0 amide bonds. The number of rotatable bonds is 6. The van der Waals surface area contributed by atoms with Gasteiger partial charge in [0.25, 0.3) is 0 Å². The first kappa shape index (κ1) is 17.1. The second-order valence-electron chi connectivity index (χ2n) is 6.57. The molecule has 0 aromatic heterocycles. The Bertz CT molecular complexity index is 676. The molecule has 4 heteroatoms. The van der Waals surface area contributed by atoms with Gasteiger partial charge in [-0.1, -0.05) is 42.5 Å². The summed E-state index contributed by atoms with van der Waals surface area (Å²) in [6.07, 6.45) is 0.654. The van der Waals surface area contributed by atoms with Gasteiger partial charge in [0.05, 0.1) is 6.10 Å². The number of β-amino-alcohol motifs (C(OH)–C–C–N with tert-alkyl or cyclic N) is 1. The highest BCUT2D eigenvalue weighted by Crippen LogP contribution is 2.19. The summed E-state index contributed by atoms with van der Waals surface area (Å²) in [4.78, 5) is 2.28. The van der Waals surface area contributed by atoms with Crippen LogP contribution in [0.1, 0.15) is 36.1 Å². The van der Waals surface area contributed by atoms with Crippen molar-refractivity contribution in [2.45, 2.75) is 38.6 Å². The van der Waals surface area contributed by atoms with Crippen molar-refractivity contribution in [1.29, 1.82) is 0 Å². The fourth-order valence-electron chi connectivity index (χ4n) is 3.28. The highest BCUT2D eigenvalue weighted by Gasteiger charge is 2.20. The van der Waals surface area contributed by atoms with Crippen molar-refractivity contribution in [2.24, 2.45) is 0 Å². The van der Waals surface area contributed by atoms with Gasteiger partial charge in [0, 0.05) is 37.8 Å². The number of nitrogens with zero attached hydrogens (tertiary/aromatic N) is 1. The summed E-state index contributed by atoms with van der Waals surface area (Å²) < 4.78 is 13.9. The van der Waals surface area contributed by atoms with Crippen LogP contribution < -0.4 is 5.32 Å². The first-order valence-electron chi connectivity index (χ1n) is 8.58.